The van der Waals surface area contributed by atoms with Crippen LogP contribution in [-0.4, -0.2) is 36.0 Å². The molecule has 3 nitrogen and oxygen atoms in total. The van der Waals surface area contributed by atoms with Gasteiger partial charge in [0.25, 0.3) is 0 Å². The molecule has 0 aliphatic carbocycles. The van der Waals surface area contributed by atoms with Crippen LogP contribution < -0.4 is 10.2 Å². The molecule has 1 atom stereocenters. The van der Waals surface area contributed by atoms with E-state index in [9.17, 15) is 15.0 Å². The standard InChI is InChI=1S/C3H5O3.Sn/c1-2(4)3(5)6;/h2H,1H3,(H,5,6);/q-1;+2/p-1. The molecule has 0 saturated heterocycles. The van der Waals surface area contributed by atoms with Crippen LogP contribution in [0, 0.1) is 0 Å². The van der Waals surface area contributed by atoms with Crippen molar-refractivity contribution >= 4 is 29.9 Å². The molecule has 0 heterocycles. The summed E-state index contributed by atoms with van der Waals surface area (Å²) in [6.45, 7) is 1.02. The number of hydrogen-bond donors (Lipinski definition) is 0. The van der Waals surface area contributed by atoms with Crippen molar-refractivity contribution in [3.63, 3.8) is 0 Å². The van der Waals surface area contributed by atoms with Gasteiger partial charge in [0.1, 0.15) is 0 Å². The summed E-state index contributed by atoms with van der Waals surface area (Å²) in [5.74, 6) is -1.55. The minimum absolute atomic E-state index is 0. The number of carbonyl (C=O) groups excluding carboxylic acids is 1. The van der Waals surface area contributed by atoms with Gasteiger partial charge in [0.2, 0.25) is 0 Å². The number of carbonyl (C=O) groups is 1. The van der Waals surface area contributed by atoms with Crippen LogP contribution in [0.25, 0.3) is 0 Å². The van der Waals surface area contributed by atoms with Crippen LogP contribution in [-0.2, 0) is 4.79 Å². The van der Waals surface area contributed by atoms with Crippen LogP contribution in [0.1, 0.15) is 6.92 Å². The molecule has 0 amide bonds. The van der Waals surface area contributed by atoms with Gasteiger partial charge >= 0.3 is 23.9 Å². The maximum Gasteiger partial charge on any atom is 2.00 e. The maximum absolute atomic E-state index is 9.56. The molecule has 0 aromatic rings. The van der Waals surface area contributed by atoms with Crippen LogP contribution >= 0.6 is 0 Å². The first-order valence-corrected chi connectivity index (χ1v) is 1.51. The third kappa shape index (κ3) is 6.23. The van der Waals surface area contributed by atoms with Gasteiger partial charge in [-0.3, -0.25) is 0 Å². The molecule has 4 heteroatoms. The van der Waals surface area contributed by atoms with E-state index in [1.807, 2.05) is 0 Å². The number of hydrogen-bond acceptors (Lipinski definition) is 3. The number of carboxylic acids is 1. The summed E-state index contributed by atoms with van der Waals surface area (Å²) in [4.78, 5) is 9.28. The van der Waals surface area contributed by atoms with Crippen molar-refractivity contribution < 1.29 is 15.0 Å². The van der Waals surface area contributed by atoms with Crippen molar-refractivity contribution in [3.8, 4) is 0 Å². The van der Waals surface area contributed by atoms with E-state index in [1.54, 1.807) is 0 Å². The molecule has 2 radical (unpaired) electrons. The van der Waals surface area contributed by atoms with E-state index in [-0.39, 0.29) is 23.9 Å². The van der Waals surface area contributed by atoms with E-state index in [2.05, 4.69) is 0 Å². The van der Waals surface area contributed by atoms with Gasteiger partial charge < -0.3 is 15.0 Å². The first-order chi connectivity index (χ1) is 2.64. The fourth-order valence-corrected chi connectivity index (χ4v) is 0. The zero-order chi connectivity index (χ0) is 5.15. The van der Waals surface area contributed by atoms with E-state index in [1.165, 1.54) is 0 Å². The Morgan fingerprint density at radius 2 is 1.86 bits per heavy atom. The van der Waals surface area contributed by atoms with Gasteiger partial charge in [0.15, 0.2) is 0 Å². The van der Waals surface area contributed by atoms with E-state index < -0.39 is 12.1 Å². The van der Waals surface area contributed by atoms with Crippen LogP contribution in [0.3, 0.4) is 0 Å². The number of rotatable bonds is 1. The van der Waals surface area contributed by atoms with Crippen molar-refractivity contribution in [1.29, 1.82) is 0 Å². The second-order valence-electron chi connectivity index (χ2n) is 0.961. The van der Waals surface area contributed by atoms with Crippen molar-refractivity contribution in [1.82, 2.24) is 0 Å². The van der Waals surface area contributed by atoms with E-state index in [4.69, 9.17) is 0 Å². The Balaban J connectivity index is 0. The van der Waals surface area contributed by atoms with Crippen LogP contribution in [0.15, 0.2) is 0 Å². The largest absolute Gasteiger partial charge is 2.00 e. The zero-order valence-electron chi connectivity index (χ0n) is 3.80. The Morgan fingerprint density at radius 3 is 1.86 bits per heavy atom. The van der Waals surface area contributed by atoms with E-state index in [0.29, 0.717) is 0 Å². The van der Waals surface area contributed by atoms with Crippen molar-refractivity contribution in [2.45, 2.75) is 13.0 Å². The Kier molecular flexibility index (Phi) is 6.43. The van der Waals surface area contributed by atoms with Gasteiger partial charge in [-0.25, -0.2) is 0 Å². The average molecular weight is 207 g/mol. The number of carboxylic acid groups (broad SMARTS) is 1. The normalized spacial score (nSPS) is 11.7. The van der Waals surface area contributed by atoms with Crippen LogP contribution in [0.4, 0.5) is 0 Å². The van der Waals surface area contributed by atoms with Crippen LogP contribution in [0.2, 0.25) is 0 Å². The SMILES string of the molecule is CC([O-])C(=O)[O-].[Sn+2]. The zero-order valence-corrected chi connectivity index (χ0v) is 6.66. The first-order valence-electron chi connectivity index (χ1n) is 1.51. The Labute approximate surface area is 58.3 Å². The summed E-state index contributed by atoms with van der Waals surface area (Å²) in [6.07, 6.45) is -1.59. The second kappa shape index (κ2) is 4.39. The minimum atomic E-state index is -1.59. The third-order valence-corrected chi connectivity index (χ3v) is 0.332. The fourth-order valence-electron chi connectivity index (χ4n) is 0. The molecular formula is C3H4O3Sn. The Bertz CT molecular complexity index is 61.2. The minimum Gasteiger partial charge on any atom is -0.848 e. The van der Waals surface area contributed by atoms with Gasteiger partial charge in [0, 0.05) is 5.97 Å². The molecule has 0 aromatic carbocycles. The van der Waals surface area contributed by atoms with Crippen molar-refractivity contribution in [2.75, 3.05) is 0 Å². The quantitative estimate of drug-likeness (QED) is 0.433. The second-order valence-corrected chi connectivity index (χ2v) is 0.961. The summed E-state index contributed by atoms with van der Waals surface area (Å²) < 4.78 is 0. The van der Waals surface area contributed by atoms with Crippen LogP contribution in [0.5, 0.6) is 0 Å². The van der Waals surface area contributed by atoms with Gasteiger partial charge in [-0.05, 0) is 0 Å². The first kappa shape index (κ1) is 10.3. The monoisotopic (exact) mass is 208 g/mol. The van der Waals surface area contributed by atoms with Crippen molar-refractivity contribution in [2.24, 2.45) is 0 Å². The summed E-state index contributed by atoms with van der Waals surface area (Å²) in [7, 11) is 0. The van der Waals surface area contributed by atoms with E-state index >= 15 is 0 Å². The molecular weight excluding hydrogens is 203 g/mol. The molecule has 7 heavy (non-hydrogen) atoms. The van der Waals surface area contributed by atoms with Crippen molar-refractivity contribution in [3.05, 3.63) is 0 Å². The predicted molar refractivity (Wildman–Crippen MR) is 20.2 cm³/mol. The fraction of sp³-hybridized carbons (Fsp3) is 0.667. The summed E-state index contributed by atoms with van der Waals surface area (Å²) in [5, 5.41) is 18.8. The van der Waals surface area contributed by atoms with Gasteiger partial charge in [-0.1, -0.05) is 13.0 Å². The van der Waals surface area contributed by atoms with Gasteiger partial charge in [-0.2, -0.15) is 0 Å². The maximum atomic E-state index is 9.56. The molecule has 0 aromatic heterocycles. The number of aliphatic carboxylic acids is 1. The molecule has 1 unspecified atom stereocenters. The summed E-state index contributed by atoms with van der Waals surface area (Å²) in [5.41, 5.74) is 0. The molecule has 0 spiro atoms. The molecule has 0 saturated carbocycles. The smallest absolute Gasteiger partial charge is 0.848 e. The molecule has 0 rings (SSSR count). The molecule has 38 valence electrons. The average Bonchev–Trinajstić information content (AvgIpc) is 1.36. The molecule has 0 aliphatic heterocycles. The predicted octanol–water partition coefficient (Wildman–Crippen LogP) is -2.90. The third-order valence-electron chi connectivity index (χ3n) is 0.332. The molecule has 0 bridgehead atoms. The summed E-state index contributed by atoms with van der Waals surface area (Å²) in [6, 6.07) is 0. The molecule has 0 fully saturated rings. The Morgan fingerprint density at radius 1 is 1.71 bits per heavy atom. The Hall–Kier alpha value is 0.229. The molecule has 0 aliphatic rings. The molecule has 0 N–H and O–H groups in total. The topological polar surface area (TPSA) is 63.2 Å². The van der Waals surface area contributed by atoms with Gasteiger partial charge in [-0.15, -0.1) is 0 Å². The summed E-state index contributed by atoms with van der Waals surface area (Å²) >= 11 is 0. The van der Waals surface area contributed by atoms with E-state index in [0.717, 1.165) is 6.92 Å². The van der Waals surface area contributed by atoms with Gasteiger partial charge in [0.05, 0.1) is 0 Å².